The van der Waals surface area contributed by atoms with Crippen LogP contribution in [0.25, 0.3) is 0 Å². The van der Waals surface area contributed by atoms with Crippen LogP contribution in [0, 0.1) is 11.8 Å². The van der Waals surface area contributed by atoms with E-state index >= 15 is 0 Å². The lowest BCUT2D eigenvalue weighted by Gasteiger charge is -2.22. The number of nitrogens with one attached hydrogen (secondary N) is 1. The van der Waals surface area contributed by atoms with E-state index in [1.165, 1.54) is 0 Å². The molecule has 2 unspecified atom stereocenters. The fourth-order valence-corrected chi connectivity index (χ4v) is 2.22. The minimum Gasteiger partial charge on any atom is -0.309 e. The van der Waals surface area contributed by atoms with Crippen LogP contribution in [0.5, 0.6) is 0 Å². The van der Waals surface area contributed by atoms with Crippen molar-refractivity contribution in [3.8, 4) is 0 Å². The highest BCUT2D eigenvalue weighted by Gasteiger charge is 2.36. The minimum atomic E-state index is -0.241. The van der Waals surface area contributed by atoms with Gasteiger partial charge in [-0.2, -0.15) is 5.10 Å². The van der Waals surface area contributed by atoms with Crippen LogP contribution < -0.4 is 5.32 Å². The average Bonchev–Trinajstić information content (AvgIpc) is 2.72. The van der Waals surface area contributed by atoms with Crippen molar-refractivity contribution in [2.24, 2.45) is 27.0 Å². The van der Waals surface area contributed by atoms with Gasteiger partial charge < -0.3 is 5.32 Å². The predicted molar refractivity (Wildman–Crippen MR) is 77.8 cm³/mol. The van der Waals surface area contributed by atoms with Crippen LogP contribution >= 0.6 is 0 Å². The molecule has 0 bridgehead atoms. The number of carbonyl (C=O) groups is 1. The Hall–Kier alpha value is -1.52. The first-order valence-electron chi connectivity index (χ1n) is 7.03. The largest absolute Gasteiger partial charge is 0.309 e. The molecule has 104 valence electrons. The van der Waals surface area contributed by atoms with Gasteiger partial charge in [0.15, 0.2) is 5.71 Å². The molecule has 0 aliphatic carbocycles. The Kier molecular flexibility index (Phi) is 4.12. The van der Waals surface area contributed by atoms with Gasteiger partial charge in [0, 0.05) is 6.42 Å². The predicted octanol–water partition coefficient (Wildman–Crippen LogP) is 2.18. The Morgan fingerprint density at radius 1 is 1.21 bits per heavy atom. The zero-order valence-corrected chi connectivity index (χ0v) is 12.1. The van der Waals surface area contributed by atoms with E-state index in [2.05, 4.69) is 48.2 Å². The second-order valence-corrected chi connectivity index (χ2v) is 5.82. The highest BCUT2D eigenvalue weighted by Crippen LogP contribution is 2.19. The standard InChI is InChI=1S/C14H22N4O/c1-5-9(4)7-11-15-12-10(6-8(2)3)17-18-13(12)14(19)16-11/h8-9,12H,5-7H2,1-4H3,(H,15,16,19). The van der Waals surface area contributed by atoms with E-state index in [4.69, 9.17) is 0 Å². The second kappa shape index (κ2) is 5.63. The Bertz CT molecular complexity index is 462. The van der Waals surface area contributed by atoms with Gasteiger partial charge in [0.1, 0.15) is 11.9 Å². The van der Waals surface area contributed by atoms with Crippen molar-refractivity contribution >= 4 is 23.2 Å². The molecular formula is C14H22N4O. The number of rotatable bonds is 5. The molecule has 0 fully saturated rings. The molecule has 0 aromatic heterocycles. The summed E-state index contributed by atoms with van der Waals surface area (Å²) in [5, 5.41) is 11.0. The molecule has 2 atom stereocenters. The van der Waals surface area contributed by atoms with Crippen molar-refractivity contribution in [2.75, 3.05) is 0 Å². The number of hydrogen-bond acceptors (Lipinski definition) is 4. The van der Waals surface area contributed by atoms with Crippen molar-refractivity contribution in [3.63, 3.8) is 0 Å². The first kappa shape index (κ1) is 13.9. The molecule has 0 saturated heterocycles. The third kappa shape index (κ3) is 3.08. The van der Waals surface area contributed by atoms with E-state index in [9.17, 15) is 4.79 Å². The summed E-state index contributed by atoms with van der Waals surface area (Å²) in [6.07, 6.45) is 2.72. The molecule has 5 nitrogen and oxygen atoms in total. The van der Waals surface area contributed by atoms with Crippen LogP contribution in [0.15, 0.2) is 15.2 Å². The molecule has 19 heavy (non-hydrogen) atoms. The van der Waals surface area contributed by atoms with Gasteiger partial charge in [0.2, 0.25) is 0 Å². The van der Waals surface area contributed by atoms with Gasteiger partial charge in [0.25, 0.3) is 5.91 Å². The fourth-order valence-electron chi connectivity index (χ4n) is 2.22. The van der Waals surface area contributed by atoms with Crippen LogP contribution in [-0.4, -0.2) is 29.2 Å². The number of nitrogens with zero attached hydrogens (tertiary/aromatic N) is 3. The van der Waals surface area contributed by atoms with Gasteiger partial charge in [-0.05, 0) is 18.3 Å². The normalized spacial score (nSPS) is 23.5. The highest BCUT2D eigenvalue weighted by molar-refractivity contribution is 6.49. The van der Waals surface area contributed by atoms with E-state index in [1.54, 1.807) is 0 Å². The summed E-state index contributed by atoms with van der Waals surface area (Å²) in [6.45, 7) is 8.57. The van der Waals surface area contributed by atoms with E-state index < -0.39 is 0 Å². The van der Waals surface area contributed by atoms with E-state index in [-0.39, 0.29) is 11.9 Å². The van der Waals surface area contributed by atoms with Crippen LogP contribution in [0.4, 0.5) is 0 Å². The molecule has 2 aliphatic heterocycles. The Labute approximate surface area is 114 Å². The number of amidine groups is 1. The number of amides is 1. The van der Waals surface area contributed by atoms with Crippen molar-refractivity contribution in [2.45, 2.75) is 53.0 Å². The summed E-state index contributed by atoms with van der Waals surface area (Å²) in [6, 6.07) is -0.241. The molecule has 0 saturated carbocycles. The quantitative estimate of drug-likeness (QED) is 0.810. The van der Waals surface area contributed by atoms with Gasteiger partial charge in [-0.15, -0.1) is 5.10 Å². The van der Waals surface area contributed by atoms with Crippen molar-refractivity contribution < 1.29 is 4.79 Å². The number of fused-ring (bicyclic) bond motifs is 1. The van der Waals surface area contributed by atoms with Gasteiger partial charge in [-0.3, -0.25) is 9.79 Å². The van der Waals surface area contributed by atoms with Crippen LogP contribution in [0.2, 0.25) is 0 Å². The van der Waals surface area contributed by atoms with E-state index in [0.717, 1.165) is 30.8 Å². The lowest BCUT2D eigenvalue weighted by molar-refractivity contribution is -0.113. The first-order chi connectivity index (χ1) is 9.01. The fraction of sp³-hybridized carbons (Fsp3) is 0.714. The zero-order chi connectivity index (χ0) is 14.0. The van der Waals surface area contributed by atoms with Gasteiger partial charge >= 0.3 is 0 Å². The third-order valence-electron chi connectivity index (χ3n) is 3.49. The second-order valence-electron chi connectivity index (χ2n) is 5.82. The lowest BCUT2D eigenvalue weighted by atomic mass is 9.96. The Morgan fingerprint density at radius 3 is 2.58 bits per heavy atom. The van der Waals surface area contributed by atoms with Crippen molar-refractivity contribution in [3.05, 3.63) is 0 Å². The maximum atomic E-state index is 12.0. The Morgan fingerprint density at radius 2 is 1.95 bits per heavy atom. The zero-order valence-electron chi connectivity index (χ0n) is 12.1. The van der Waals surface area contributed by atoms with Gasteiger partial charge in [-0.1, -0.05) is 34.1 Å². The summed E-state index contributed by atoms with van der Waals surface area (Å²) in [5.41, 5.74) is 1.37. The maximum Gasteiger partial charge on any atom is 0.275 e. The van der Waals surface area contributed by atoms with Crippen molar-refractivity contribution in [1.82, 2.24) is 5.32 Å². The number of carbonyl (C=O) groups excluding carboxylic acids is 1. The minimum absolute atomic E-state index is 0.138. The Balaban J connectivity index is 2.15. The van der Waals surface area contributed by atoms with Gasteiger partial charge in [0.05, 0.1) is 5.71 Å². The highest BCUT2D eigenvalue weighted by atomic mass is 16.2. The van der Waals surface area contributed by atoms with E-state index in [1.807, 2.05) is 0 Å². The molecule has 0 spiro atoms. The monoisotopic (exact) mass is 262 g/mol. The lowest BCUT2D eigenvalue weighted by Crippen LogP contribution is -2.48. The molecule has 2 heterocycles. The summed E-state index contributed by atoms with van der Waals surface area (Å²) < 4.78 is 0. The average molecular weight is 262 g/mol. The van der Waals surface area contributed by atoms with E-state index in [0.29, 0.717) is 17.5 Å². The van der Waals surface area contributed by atoms with Crippen molar-refractivity contribution in [1.29, 1.82) is 0 Å². The van der Waals surface area contributed by atoms with Crippen LogP contribution in [0.1, 0.15) is 47.0 Å². The summed E-state index contributed by atoms with van der Waals surface area (Å²) in [5.74, 6) is 1.65. The van der Waals surface area contributed by atoms with Gasteiger partial charge in [-0.25, -0.2) is 0 Å². The molecule has 0 aromatic carbocycles. The molecule has 1 amide bonds. The van der Waals surface area contributed by atoms with Crippen LogP contribution in [0.3, 0.4) is 0 Å². The topological polar surface area (TPSA) is 66.2 Å². The SMILES string of the molecule is CCC(C)CC1=NC2C(CC(C)C)=NN=C2C(=O)N1. The smallest absolute Gasteiger partial charge is 0.275 e. The molecule has 2 rings (SSSR count). The molecule has 2 aliphatic rings. The summed E-state index contributed by atoms with van der Waals surface area (Å²) in [7, 11) is 0. The van der Waals surface area contributed by atoms with Crippen LogP contribution in [-0.2, 0) is 4.79 Å². The molecular weight excluding hydrogens is 240 g/mol. The summed E-state index contributed by atoms with van der Waals surface area (Å²) in [4.78, 5) is 16.6. The summed E-state index contributed by atoms with van der Waals surface area (Å²) >= 11 is 0. The first-order valence-corrected chi connectivity index (χ1v) is 7.03. The molecule has 0 aromatic rings. The third-order valence-corrected chi connectivity index (χ3v) is 3.49. The number of hydrogen-bond donors (Lipinski definition) is 1. The number of aliphatic imine (C=N–C) groups is 1. The molecule has 1 N–H and O–H groups in total. The molecule has 0 radical (unpaired) electrons. The molecule has 5 heteroatoms. The maximum absolute atomic E-state index is 12.0.